The molecule has 1 aromatic heterocycles. The van der Waals surface area contributed by atoms with Crippen molar-refractivity contribution < 1.29 is 0 Å². The van der Waals surface area contributed by atoms with Gasteiger partial charge in [0, 0.05) is 6.54 Å². The SMILES string of the molecule is Cl.Cl.NC1CCn2nncc21. The van der Waals surface area contributed by atoms with E-state index in [1.165, 1.54) is 0 Å². The molecule has 0 fully saturated rings. The molecule has 1 aliphatic heterocycles. The third-order valence-corrected chi connectivity index (χ3v) is 1.68. The monoisotopic (exact) mass is 196 g/mol. The molecule has 2 rings (SSSR count). The summed E-state index contributed by atoms with van der Waals surface area (Å²) < 4.78 is 1.85. The Bertz CT molecular complexity index is 224. The Balaban J connectivity index is 0.000000500. The maximum atomic E-state index is 5.69. The van der Waals surface area contributed by atoms with E-state index in [4.69, 9.17) is 5.73 Å². The van der Waals surface area contributed by atoms with Crippen LogP contribution in [0.5, 0.6) is 0 Å². The molecule has 1 aliphatic rings. The van der Waals surface area contributed by atoms with Crippen molar-refractivity contribution in [2.45, 2.75) is 19.0 Å². The fourth-order valence-corrected chi connectivity index (χ4v) is 1.14. The minimum Gasteiger partial charge on any atom is -0.323 e. The number of fused-ring (bicyclic) bond motifs is 1. The van der Waals surface area contributed by atoms with Crippen LogP contribution in [-0.2, 0) is 6.54 Å². The number of aryl methyl sites for hydroxylation is 1. The Morgan fingerprint density at radius 1 is 1.55 bits per heavy atom. The average Bonchev–Trinajstić information content (AvgIpc) is 2.35. The van der Waals surface area contributed by atoms with Gasteiger partial charge in [-0.25, -0.2) is 4.68 Å². The zero-order valence-corrected chi connectivity index (χ0v) is 7.44. The molecule has 11 heavy (non-hydrogen) atoms. The lowest BCUT2D eigenvalue weighted by molar-refractivity contribution is 0.609. The zero-order valence-electron chi connectivity index (χ0n) is 5.80. The minimum atomic E-state index is 0. The van der Waals surface area contributed by atoms with Gasteiger partial charge < -0.3 is 5.73 Å². The zero-order chi connectivity index (χ0) is 6.27. The van der Waals surface area contributed by atoms with E-state index in [2.05, 4.69) is 10.3 Å². The summed E-state index contributed by atoms with van der Waals surface area (Å²) in [5, 5.41) is 7.56. The molecule has 0 spiro atoms. The van der Waals surface area contributed by atoms with E-state index >= 15 is 0 Å². The molecule has 2 heterocycles. The summed E-state index contributed by atoms with van der Waals surface area (Å²) in [5.74, 6) is 0. The molecule has 1 aromatic rings. The Kier molecular flexibility index (Phi) is 3.78. The van der Waals surface area contributed by atoms with Gasteiger partial charge in [0.05, 0.1) is 17.9 Å². The first kappa shape index (κ1) is 10.7. The molecule has 0 saturated carbocycles. The molecule has 2 N–H and O–H groups in total. The highest BCUT2D eigenvalue weighted by Gasteiger charge is 2.19. The van der Waals surface area contributed by atoms with Crippen LogP contribution >= 0.6 is 24.8 Å². The molecule has 4 nitrogen and oxygen atoms in total. The average molecular weight is 197 g/mol. The Morgan fingerprint density at radius 2 is 2.27 bits per heavy atom. The molecule has 0 aliphatic carbocycles. The molecule has 0 radical (unpaired) electrons. The summed E-state index contributed by atoms with van der Waals surface area (Å²) in [4.78, 5) is 0. The smallest absolute Gasteiger partial charge is 0.0755 e. The quantitative estimate of drug-likeness (QED) is 0.659. The van der Waals surface area contributed by atoms with E-state index in [-0.39, 0.29) is 30.9 Å². The third-order valence-electron chi connectivity index (χ3n) is 1.68. The van der Waals surface area contributed by atoms with Crippen LogP contribution in [0.15, 0.2) is 6.20 Å². The molecule has 1 atom stereocenters. The number of rotatable bonds is 0. The summed E-state index contributed by atoms with van der Waals surface area (Å²) in [6.07, 6.45) is 2.74. The number of nitrogens with two attached hydrogens (primary N) is 1. The van der Waals surface area contributed by atoms with Crippen molar-refractivity contribution in [2.75, 3.05) is 0 Å². The van der Waals surface area contributed by atoms with Crippen molar-refractivity contribution in [3.05, 3.63) is 11.9 Å². The van der Waals surface area contributed by atoms with E-state index in [0.29, 0.717) is 0 Å². The second kappa shape index (κ2) is 3.90. The highest BCUT2D eigenvalue weighted by atomic mass is 35.5. The van der Waals surface area contributed by atoms with Gasteiger partial charge >= 0.3 is 0 Å². The topological polar surface area (TPSA) is 56.7 Å². The van der Waals surface area contributed by atoms with Gasteiger partial charge in [0.1, 0.15) is 0 Å². The summed E-state index contributed by atoms with van der Waals surface area (Å²) in [6, 6.07) is 0.167. The summed E-state index contributed by atoms with van der Waals surface area (Å²) >= 11 is 0. The maximum absolute atomic E-state index is 5.69. The van der Waals surface area contributed by atoms with Gasteiger partial charge in [-0.05, 0) is 6.42 Å². The Morgan fingerprint density at radius 3 is 2.91 bits per heavy atom. The van der Waals surface area contributed by atoms with E-state index in [1.807, 2.05) is 4.68 Å². The predicted octanol–water partition coefficient (Wildman–Crippen LogP) is 0.525. The summed E-state index contributed by atoms with van der Waals surface area (Å²) in [7, 11) is 0. The van der Waals surface area contributed by atoms with Gasteiger partial charge in [-0.2, -0.15) is 0 Å². The van der Waals surface area contributed by atoms with Crippen LogP contribution in [0.1, 0.15) is 18.2 Å². The molecule has 0 aromatic carbocycles. The number of hydrogen-bond donors (Lipinski definition) is 1. The lowest BCUT2D eigenvalue weighted by atomic mass is 10.2. The fourth-order valence-electron chi connectivity index (χ4n) is 1.14. The Hall–Kier alpha value is -0.320. The van der Waals surface area contributed by atoms with E-state index < -0.39 is 0 Å². The van der Waals surface area contributed by atoms with Crippen molar-refractivity contribution in [3.63, 3.8) is 0 Å². The van der Waals surface area contributed by atoms with Crippen LogP contribution in [0.4, 0.5) is 0 Å². The van der Waals surface area contributed by atoms with Gasteiger partial charge in [0.25, 0.3) is 0 Å². The van der Waals surface area contributed by atoms with Crippen molar-refractivity contribution in [1.82, 2.24) is 15.0 Å². The normalized spacial score (nSPS) is 19.9. The molecule has 1 unspecified atom stereocenters. The maximum Gasteiger partial charge on any atom is 0.0755 e. The van der Waals surface area contributed by atoms with Crippen molar-refractivity contribution in [1.29, 1.82) is 0 Å². The van der Waals surface area contributed by atoms with E-state index in [1.54, 1.807) is 6.20 Å². The summed E-state index contributed by atoms with van der Waals surface area (Å²) in [5.41, 5.74) is 6.75. The lowest BCUT2D eigenvalue weighted by Gasteiger charge is -1.94. The van der Waals surface area contributed by atoms with Gasteiger partial charge in [-0.3, -0.25) is 0 Å². The van der Waals surface area contributed by atoms with Crippen LogP contribution in [0.2, 0.25) is 0 Å². The first-order valence-electron chi connectivity index (χ1n) is 3.02. The van der Waals surface area contributed by atoms with E-state index in [0.717, 1.165) is 18.7 Å². The molecule has 0 amide bonds. The highest BCUT2D eigenvalue weighted by Crippen LogP contribution is 2.19. The molecule has 0 bridgehead atoms. The van der Waals surface area contributed by atoms with Gasteiger partial charge in [-0.15, -0.1) is 29.9 Å². The number of aromatic nitrogens is 3. The molecule has 64 valence electrons. The van der Waals surface area contributed by atoms with Crippen LogP contribution in [0.3, 0.4) is 0 Å². The van der Waals surface area contributed by atoms with Crippen molar-refractivity contribution >= 4 is 24.8 Å². The second-order valence-corrected chi connectivity index (χ2v) is 2.28. The van der Waals surface area contributed by atoms with Crippen LogP contribution in [0, 0.1) is 0 Å². The van der Waals surface area contributed by atoms with Crippen LogP contribution in [-0.4, -0.2) is 15.0 Å². The standard InChI is InChI=1S/C5H8N4.2ClH/c6-4-1-2-9-5(4)3-7-8-9;;/h3-4H,1-2,6H2;2*1H. The van der Waals surface area contributed by atoms with Gasteiger partial charge in [0.2, 0.25) is 0 Å². The van der Waals surface area contributed by atoms with Gasteiger partial charge in [-0.1, -0.05) is 5.21 Å². The lowest BCUT2D eigenvalue weighted by Crippen LogP contribution is -2.04. The van der Waals surface area contributed by atoms with Crippen LogP contribution < -0.4 is 5.73 Å². The van der Waals surface area contributed by atoms with Crippen molar-refractivity contribution in [3.8, 4) is 0 Å². The number of nitrogens with zero attached hydrogens (tertiary/aromatic N) is 3. The molecule has 6 heteroatoms. The first-order valence-corrected chi connectivity index (χ1v) is 3.02. The highest BCUT2D eigenvalue weighted by molar-refractivity contribution is 5.85. The second-order valence-electron chi connectivity index (χ2n) is 2.28. The Labute approximate surface area is 77.0 Å². The number of halogens is 2. The van der Waals surface area contributed by atoms with E-state index in [9.17, 15) is 0 Å². The largest absolute Gasteiger partial charge is 0.323 e. The third kappa shape index (κ3) is 1.64. The van der Waals surface area contributed by atoms with Gasteiger partial charge in [0.15, 0.2) is 0 Å². The summed E-state index contributed by atoms with van der Waals surface area (Å²) in [6.45, 7) is 0.927. The fraction of sp³-hybridized carbons (Fsp3) is 0.600. The molecular formula is C5H10Cl2N4. The van der Waals surface area contributed by atoms with Crippen molar-refractivity contribution in [2.24, 2.45) is 5.73 Å². The number of hydrogen-bond acceptors (Lipinski definition) is 3. The predicted molar refractivity (Wildman–Crippen MR) is 46.1 cm³/mol. The van der Waals surface area contributed by atoms with Crippen LogP contribution in [0.25, 0.3) is 0 Å². The molecule has 0 saturated heterocycles. The minimum absolute atomic E-state index is 0. The molecular weight excluding hydrogens is 187 g/mol. The first-order chi connectivity index (χ1) is 4.38.